The van der Waals surface area contributed by atoms with Gasteiger partial charge in [0, 0.05) is 5.56 Å². The molecule has 1 atom stereocenters. The standard InChI is InChI=1S/C18H20O2/c1-13-9-11-15(12-10-13)17(20)18(2,3)16(19)14-7-5-4-6-8-14/h4-12,17,20H,1-3H3. The molecule has 1 N–H and O–H groups in total. The van der Waals surface area contributed by atoms with Crippen LogP contribution in [0.5, 0.6) is 0 Å². The fraction of sp³-hybridized carbons (Fsp3) is 0.278. The Morgan fingerprint density at radius 2 is 1.55 bits per heavy atom. The van der Waals surface area contributed by atoms with Crippen molar-refractivity contribution in [3.63, 3.8) is 0 Å². The Hall–Kier alpha value is -1.93. The molecule has 0 radical (unpaired) electrons. The van der Waals surface area contributed by atoms with E-state index in [2.05, 4.69) is 0 Å². The van der Waals surface area contributed by atoms with Gasteiger partial charge in [-0.1, -0.05) is 60.2 Å². The van der Waals surface area contributed by atoms with Gasteiger partial charge in [-0.25, -0.2) is 0 Å². The molecule has 0 heterocycles. The SMILES string of the molecule is Cc1ccc(C(O)C(C)(C)C(=O)c2ccccc2)cc1. The second-order valence-corrected chi connectivity index (χ2v) is 5.73. The van der Waals surface area contributed by atoms with Crippen molar-refractivity contribution in [3.8, 4) is 0 Å². The monoisotopic (exact) mass is 268 g/mol. The number of ketones is 1. The highest BCUT2D eigenvalue weighted by atomic mass is 16.3. The van der Waals surface area contributed by atoms with Crippen LogP contribution in [-0.4, -0.2) is 10.9 Å². The Bertz CT molecular complexity index is 583. The van der Waals surface area contributed by atoms with Gasteiger partial charge in [0.2, 0.25) is 0 Å². The molecule has 2 heteroatoms. The van der Waals surface area contributed by atoms with Crippen LogP contribution in [0.3, 0.4) is 0 Å². The topological polar surface area (TPSA) is 37.3 Å². The van der Waals surface area contributed by atoms with Gasteiger partial charge in [-0.2, -0.15) is 0 Å². The number of aliphatic hydroxyl groups excluding tert-OH is 1. The quantitative estimate of drug-likeness (QED) is 0.853. The number of aliphatic hydroxyl groups is 1. The molecule has 0 aliphatic heterocycles. The van der Waals surface area contributed by atoms with Crippen LogP contribution in [0.15, 0.2) is 54.6 Å². The zero-order valence-electron chi connectivity index (χ0n) is 12.1. The smallest absolute Gasteiger partial charge is 0.171 e. The number of aryl methyl sites for hydroxylation is 1. The summed E-state index contributed by atoms with van der Waals surface area (Å²) in [4.78, 5) is 12.6. The number of carbonyl (C=O) groups excluding carboxylic acids is 1. The minimum atomic E-state index is -0.864. The first-order valence-corrected chi connectivity index (χ1v) is 6.77. The lowest BCUT2D eigenvalue weighted by Crippen LogP contribution is -2.31. The first-order valence-electron chi connectivity index (χ1n) is 6.77. The van der Waals surface area contributed by atoms with Crippen LogP contribution in [0.25, 0.3) is 0 Å². The number of hydrogen-bond acceptors (Lipinski definition) is 2. The fourth-order valence-electron chi connectivity index (χ4n) is 2.25. The van der Waals surface area contributed by atoms with Gasteiger partial charge in [0.25, 0.3) is 0 Å². The highest BCUT2D eigenvalue weighted by Crippen LogP contribution is 2.36. The maximum absolute atomic E-state index is 12.6. The van der Waals surface area contributed by atoms with Gasteiger partial charge < -0.3 is 5.11 Å². The largest absolute Gasteiger partial charge is 0.387 e. The van der Waals surface area contributed by atoms with E-state index in [1.54, 1.807) is 26.0 Å². The molecule has 0 spiro atoms. The van der Waals surface area contributed by atoms with Crippen LogP contribution >= 0.6 is 0 Å². The molecule has 2 aromatic rings. The highest BCUT2D eigenvalue weighted by Gasteiger charge is 2.37. The molecular weight excluding hydrogens is 248 g/mol. The Kier molecular flexibility index (Phi) is 4.05. The van der Waals surface area contributed by atoms with Gasteiger partial charge >= 0.3 is 0 Å². The van der Waals surface area contributed by atoms with E-state index >= 15 is 0 Å². The molecule has 2 rings (SSSR count). The molecule has 0 aliphatic carbocycles. The van der Waals surface area contributed by atoms with Crippen LogP contribution in [0.2, 0.25) is 0 Å². The first kappa shape index (κ1) is 14.5. The highest BCUT2D eigenvalue weighted by molar-refractivity contribution is 6.00. The van der Waals surface area contributed by atoms with Gasteiger partial charge in [-0.15, -0.1) is 0 Å². The van der Waals surface area contributed by atoms with Crippen LogP contribution in [0, 0.1) is 12.3 Å². The number of Topliss-reactive ketones (excluding diaryl/α,β-unsaturated/α-hetero) is 1. The maximum atomic E-state index is 12.6. The molecule has 1 unspecified atom stereocenters. The van der Waals surface area contributed by atoms with Gasteiger partial charge in [0.05, 0.1) is 11.5 Å². The lowest BCUT2D eigenvalue weighted by molar-refractivity contribution is 0.0388. The van der Waals surface area contributed by atoms with Crippen molar-refractivity contribution in [2.45, 2.75) is 26.9 Å². The summed E-state index contributed by atoms with van der Waals surface area (Å²) in [5, 5.41) is 10.6. The Balaban J connectivity index is 2.29. The first-order chi connectivity index (χ1) is 9.43. The second-order valence-electron chi connectivity index (χ2n) is 5.73. The maximum Gasteiger partial charge on any atom is 0.171 e. The molecule has 0 bridgehead atoms. The van der Waals surface area contributed by atoms with Crippen molar-refractivity contribution in [1.29, 1.82) is 0 Å². The Morgan fingerprint density at radius 1 is 1.00 bits per heavy atom. The van der Waals surface area contributed by atoms with Crippen LogP contribution < -0.4 is 0 Å². The van der Waals surface area contributed by atoms with Crippen LogP contribution in [-0.2, 0) is 0 Å². The summed E-state index contributed by atoms with van der Waals surface area (Å²) in [5.74, 6) is -0.0498. The van der Waals surface area contributed by atoms with Gasteiger partial charge in [-0.3, -0.25) is 4.79 Å². The van der Waals surface area contributed by atoms with E-state index < -0.39 is 11.5 Å². The summed E-state index contributed by atoms with van der Waals surface area (Å²) in [5.41, 5.74) is 1.66. The lowest BCUT2D eigenvalue weighted by Gasteiger charge is -2.29. The van der Waals surface area contributed by atoms with Crippen molar-refractivity contribution in [1.82, 2.24) is 0 Å². The third kappa shape index (κ3) is 2.81. The van der Waals surface area contributed by atoms with E-state index in [0.29, 0.717) is 5.56 Å². The predicted molar refractivity (Wildman–Crippen MR) is 80.7 cm³/mol. The summed E-state index contributed by atoms with van der Waals surface area (Å²) in [6.07, 6.45) is -0.823. The molecule has 0 amide bonds. The zero-order valence-corrected chi connectivity index (χ0v) is 12.1. The summed E-state index contributed by atoms with van der Waals surface area (Å²) in [6, 6.07) is 16.8. The third-order valence-electron chi connectivity index (χ3n) is 3.70. The fourth-order valence-corrected chi connectivity index (χ4v) is 2.25. The van der Waals surface area contributed by atoms with Crippen molar-refractivity contribution in [2.24, 2.45) is 5.41 Å². The molecule has 0 fully saturated rings. The molecular formula is C18H20O2. The Morgan fingerprint density at radius 3 is 2.10 bits per heavy atom. The minimum absolute atomic E-state index is 0.0498. The molecule has 0 aromatic heterocycles. The van der Waals surface area contributed by atoms with Crippen LogP contribution in [0.4, 0.5) is 0 Å². The number of benzene rings is 2. The average molecular weight is 268 g/mol. The normalized spacial score (nSPS) is 13.0. The summed E-state index contributed by atoms with van der Waals surface area (Å²) >= 11 is 0. The zero-order chi connectivity index (χ0) is 14.8. The van der Waals surface area contributed by atoms with Crippen molar-refractivity contribution in [2.75, 3.05) is 0 Å². The molecule has 20 heavy (non-hydrogen) atoms. The van der Waals surface area contributed by atoms with Crippen LogP contribution in [0.1, 0.15) is 41.4 Å². The molecule has 0 saturated heterocycles. The predicted octanol–water partition coefficient (Wildman–Crippen LogP) is 3.94. The van der Waals surface area contributed by atoms with Gasteiger partial charge in [0.1, 0.15) is 0 Å². The number of rotatable bonds is 4. The van der Waals surface area contributed by atoms with Gasteiger partial charge in [0.15, 0.2) is 5.78 Å². The number of carbonyl (C=O) groups is 1. The van der Waals surface area contributed by atoms with E-state index in [4.69, 9.17) is 0 Å². The van der Waals surface area contributed by atoms with Crippen molar-refractivity contribution >= 4 is 5.78 Å². The van der Waals surface area contributed by atoms with Crippen molar-refractivity contribution in [3.05, 3.63) is 71.3 Å². The van der Waals surface area contributed by atoms with E-state index in [-0.39, 0.29) is 5.78 Å². The molecule has 2 aromatic carbocycles. The lowest BCUT2D eigenvalue weighted by atomic mass is 9.76. The molecule has 0 aliphatic rings. The molecule has 104 valence electrons. The summed E-state index contributed by atoms with van der Waals surface area (Å²) < 4.78 is 0. The van der Waals surface area contributed by atoms with E-state index in [9.17, 15) is 9.90 Å². The van der Waals surface area contributed by atoms with E-state index in [1.165, 1.54) is 0 Å². The third-order valence-corrected chi connectivity index (χ3v) is 3.70. The Labute approximate surface area is 120 Å². The summed E-state index contributed by atoms with van der Waals surface area (Å²) in [7, 11) is 0. The van der Waals surface area contributed by atoms with E-state index in [1.807, 2.05) is 49.4 Å². The summed E-state index contributed by atoms with van der Waals surface area (Å²) in [6.45, 7) is 5.57. The minimum Gasteiger partial charge on any atom is -0.387 e. The second kappa shape index (κ2) is 5.59. The van der Waals surface area contributed by atoms with Crippen molar-refractivity contribution < 1.29 is 9.90 Å². The number of hydrogen-bond donors (Lipinski definition) is 1. The molecule has 0 saturated carbocycles. The van der Waals surface area contributed by atoms with Gasteiger partial charge in [-0.05, 0) is 26.3 Å². The van der Waals surface area contributed by atoms with E-state index in [0.717, 1.165) is 11.1 Å². The average Bonchev–Trinajstić information content (AvgIpc) is 2.47. The molecule has 2 nitrogen and oxygen atoms in total.